The van der Waals surface area contributed by atoms with Crippen LogP contribution in [0.1, 0.15) is 5.82 Å². The SMILES string of the molecule is Cn1c(COc2ccc(N)cc2)nc2ncccc21. The molecule has 2 heterocycles. The van der Waals surface area contributed by atoms with Gasteiger partial charge in [-0.05, 0) is 36.4 Å². The number of anilines is 1. The quantitative estimate of drug-likeness (QED) is 0.727. The number of nitrogens with zero attached hydrogens (tertiary/aromatic N) is 3. The average Bonchev–Trinajstić information content (AvgIpc) is 2.76. The van der Waals surface area contributed by atoms with Crippen molar-refractivity contribution < 1.29 is 4.74 Å². The molecule has 5 nitrogen and oxygen atoms in total. The smallest absolute Gasteiger partial charge is 0.178 e. The van der Waals surface area contributed by atoms with Crippen molar-refractivity contribution in [3.63, 3.8) is 0 Å². The number of pyridine rings is 1. The summed E-state index contributed by atoms with van der Waals surface area (Å²) in [5.74, 6) is 1.61. The minimum Gasteiger partial charge on any atom is -0.486 e. The van der Waals surface area contributed by atoms with Crippen LogP contribution >= 0.6 is 0 Å². The Balaban J connectivity index is 1.82. The molecule has 0 atom stereocenters. The highest BCUT2D eigenvalue weighted by Gasteiger charge is 2.08. The molecule has 0 aliphatic rings. The van der Waals surface area contributed by atoms with E-state index in [1.807, 2.05) is 48.0 Å². The molecule has 0 radical (unpaired) electrons. The van der Waals surface area contributed by atoms with Gasteiger partial charge in [0.1, 0.15) is 18.2 Å². The molecular formula is C14H14N4O. The summed E-state index contributed by atoms with van der Waals surface area (Å²) < 4.78 is 7.68. The summed E-state index contributed by atoms with van der Waals surface area (Å²) in [6.07, 6.45) is 1.74. The summed E-state index contributed by atoms with van der Waals surface area (Å²) in [7, 11) is 1.96. The highest BCUT2D eigenvalue weighted by molar-refractivity contribution is 5.71. The number of aromatic nitrogens is 3. The summed E-state index contributed by atoms with van der Waals surface area (Å²) in [5, 5.41) is 0. The van der Waals surface area contributed by atoms with Crippen LogP contribution in [-0.2, 0) is 13.7 Å². The lowest BCUT2D eigenvalue weighted by atomic mass is 10.3. The van der Waals surface area contributed by atoms with Crippen LogP contribution in [0.25, 0.3) is 11.2 Å². The Morgan fingerprint density at radius 2 is 2.00 bits per heavy atom. The Kier molecular flexibility index (Phi) is 2.79. The molecule has 19 heavy (non-hydrogen) atoms. The second-order valence-electron chi connectivity index (χ2n) is 4.29. The predicted octanol–water partition coefficient (Wildman–Crippen LogP) is 2.13. The van der Waals surface area contributed by atoms with Crippen molar-refractivity contribution >= 4 is 16.9 Å². The Labute approximate surface area is 110 Å². The largest absolute Gasteiger partial charge is 0.486 e. The zero-order valence-corrected chi connectivity index (χ0v) is 10.6. The van der Waals surface area contributed by atoms with Crippen LogP contribution in [0, 0.1) is 0 Å². The Bertz CT molecular complexity index is 703. The fourth-order valence-corrected chi connectivity index (χ4v) is 1.91. The number of aryl methyl sites for hydroxylation is 1. The van der Waals surface area contributed by atoms with Gasteiger partial charge in [0.25, 0.3) is 0 Å². The first-order chi connectivity index (χ1) is 9.24. The molecule has 3 aromatic rings. The first-order valence-corrected chi connectivity index (χ1v) is 5.99. The summed E-state index contributed by atoms with van der Waals surface area (Å²) in [5.41, 5.74) is 8.09. The minimum atomic E-state index is 0.400. The highest BCUT2D eigenvalue weighted by Crippen LogP contribution is 2.16. The van der Waals surface area contributed by atoms with E-state index in [-0.39, 0.29) is 0 Å². The maximum Gasteiger partial charge on any atom is 0.178 e. The van der Waals surface area contributed by atoms with E-state index in [1.165, 1.54) is 0 Å². The topological polar surface area (TPSA) is 66.0 Å². The van der Waals surface area contributed by atoms with Crippen LogP contribution in [0.15, 0.2) is 42.6 Å². The first kappa shape index (κ1) is 11.5. The molecule has 96 valence electrons. The minimum absolute atomic E-state index is 0.400. The van der Waals surface area contributed by atoms with Gasteiger partial charge in [0, 0.05) is 18.9 Å². The highest BCUT2D eigenvalue weighted by atomic mass is 16.5. The lowest BCUT2D eigenvalue weighted by Gasteiger charge is -2.06. The van der Waals surface area contributed by atoms with Crippen molar-refractivity contribution in [1.29, 1.82) is 0 Å². The molecule has 0 bridgehead atoms. The number of nitrogens with two attached hydrogens (primary N) is 1. The van der Waals surface area contributed by atoms with Gasteiger partial charge in [0.15, 0.2) is 5.65 Å². The van der Waals surface area contributed by atoms with Crippen LogP contribution in [-0.4, -0.2) is 14.5 Å². The van der Waals surface area contributed by atoms with Gasteiger partial charge >= 0.3 is 0 Å². The molecule has 0 spiro atoms. The van der Waals surface area contributed by atoms with E-state index in [1.54, 1.807) is 6.20 Å². The van der Waals surface area contributed by atoms with E-state index in [2.05, 4.69) is 9.97 Å². The molecule has 2 aromatic heterocycles. The van der Waals surface area contributed by atoms with Gasteiger partial charge in [-0.2, -0.15) is 0 Å². The van der Waals surface area contributed by atoms with Crippen LogP contribution in [0.5, 0.6) is 5.75 Å². The molecular weight excluding hydrogens is 240 g/mol. The molecule has 0 unspecified atom stereocenters. The van der Waals surface area contributed by atoms with Crippen LogP contribution in [0.3, 0.4) is 0 Å². The van der Waals surface area contributed by atoms with E-state index in [0.717, 1.165) is 28.4 Å². The molecule has 0 saturated heterocycles. The van der Waals surface area contributed by atoms with Crippen molar-refractivity contribution in [3.05, 3.63) is 48.4 Å². The van der Waals surface area contributed by atoms with Crippen molar-refractivity contribution in [1.82, 2.24) is 14.5 Å². The van der Waals surface area contributed by atoms with Gasteiger partial charge in [-0.1, -0.05) is 0 Å². The fraction of sp³-hybridized carbons (Fsp3) is 0.143. The normalized spacial score (nSPS) is 10.8. The molecule has 5 heteroatoms. The number of nitrogen functional groups attached to an aromatic ring is 1. The Morgan fingerprint density at radius 1 is 1.21 bits per heavy atom. The fourth-order valence-electron chi connectivity index (χ4n) is 1.91. The number of rotatable bonds is 3. The second-order valence-corrected chi connectivity index (χ2v) is 4.29. The summed E-state index contributed by atoms with van der Waals surface area (Å²) in [4.78, 5) is 8.67. The van der Waals surface area contributed by atoms with Crippen molar-refractivity contribution in [2.24, 2.45) is 7.05 Å². The second kappa shape index (κ2) is 4.61. The van der Waals surface area contributed by atoms with E-state index in [0.29, 0.717) is 6.61 Å². The monoisotopic (exact) mass is 254 g/mol. The lowest BCUT2D eigenvalue weighted by molar-refractivity contribution is 0.292. The Hall–Kier alpha value is -2.56. The number of hydrogen-bond acceptors (Lipinski definition) is 4. The maximum absolute atomic E-state index is 5.69. The van der Waals surface area contributed by atoms with Crippen molar-refractivity contribution in [3.8, 4) is 5.75 Å². The van der Waals surface area contributed by atoms with E-state index in [4.69, 9.17) is 10.5 Å². The summed E-state index contributed by atoms with van der Waals surface area (Å²) >= 11 is 0. The summed E-state index contributed by atoms with van der Waals surface area (Å²) in [6.45, 7) is 0.400. The van der Waals surface area contributed by atoms with E-state index in [9.17, 15) is 0 Å². The molecule has 0 aliphatic carbocycles. The lowest BCUT2D eigenvalue weighted by Crippen LogP contribution is -2.03. The number of benzene rings is 1. The number of fused-ring (bicyclic) bond motifs is 1. The number of ether oxygens (including phenoxy) is 1. The third-order valence-corrected chi connectivity index (χ3v) is 3.00. The van der Waals surface area contributed by atoms with Crippen LogP contribution < -0.4 is 10.5 Å². The maximum atomic E-state index is 5.69. The molecule has 3 rings (SSSR count). The van der Waals surface area contributed by atoms with Gasteiger partial charge < -0.3 is 15.0 Å². The van der Waals surface area contributed by atoms with Crippen LogP contribution in [0.2, 0.25) is 0 Å². The predicted molar refractivity (Wildman–Crippen MR) is 73.7 cm³/mol. The number of imidazole rings is 1. The zero-order valence-electron chi connectivity index (χ0n) is 10.6. The van der Waals surface area contributed by atoms with E-state index >= 15 is 0 Å². The molecule has 0 fully saturated rings. The van der Waals surface area contributed by atoms with Crippen molar-refractivity contribution in [2.45, 2.75) is 6.61 Å². The third-order valence-electron chi connectivity index (χ3n) is 3.00. The van der Waals surface area contributed by atoms with E-state index < -0.39 is 0 Å². The molecule has 0 saturated carbocycles. The van der Waals surface area contributed by atoms with Crippen molar-refractivity contribution in [2.75, 3.05) is 5.73 Å². The van der Waals surface area contributed by atoms with Gasteiger partial charge in [0.05, 0.1) is 5.52 Å². The summed E-state index contributed by atoms with van der Waals surface area (Å²) in [6, 6.07) is 11.2. The Morgan fingerprint density at radius 3 is 2.74 bits per heavy atom. The van der Waals surface area contributed by atoms with Gasteiger partial charge in [-0.25, -0.2) is 9.97 Å². The zero-order chi connectivity index (χ0) is 13.2. The van der Waals surface area contributed by atoms with Gasteiger partial charge in [-0.15, -0.1) is 0 Å². The average molecular weight is 254 g/mol. The molecule has 0 amide bonds. The first-order valence-electron chi connectivity index (χ1n) is 5.99. The third kappa shape index (κ3) is 2.22. The standard InChI is InChI=1S/C14H14N4O/c1-18-12-3-2-8-16-14(12)17-13(18)9-19-11-6-4-10(15)5-7-11/h2-8H,9,15H2,1H3. The molecule has 1 aromatic carbocycles. The van der Waals surface area contributed by atoms with Gasteiger partial charge in [-0.3, -0.25) is 0 Å². The van der Waals surface area contributed by atoms with Crippen LogP contribution in [0.4, 0.5) is 5.69 Å². The molecule has 2 N–H and O–H groups in total. The number of hydrogen-bond donors (Lipinski definition) is 1. The van der Waals surface area contributed by atoms with Gasteiger partial charge in [0.2, 0.25) is 0 Å². The molecule has 0 aliphatic heterocycles.